The summed E-state index contributed by atoms with van der Waals surface area (Å²) in [5.74, 6) is -11.1. The van der Waals surface area contributed by atoms with E-state index < -0.39 is 145 Å². The normalized spacial score (nSPS) is 25.3. The number of hydrogen-bond acceptors (Lipinski definition) is 24. The van der Waals surface area contributed by atoms with Crippen molar-refractivity contribution in [1.82, 2.24) is 0 Å². The minimum absolute atomic E-state index is 0. The third kappa shape index (κ3) is 10.9. The molecule has 4 heterocycles. The molecule has 24 nitrogen and oxygen atoms in total. The van der Waals surface area contributed by atoms with Crippen LogP contribution in [0.1, 0.15) is 0 Å². The van der Waals surface area contributed by atoms with Crippen LogP contribution in [0.25, 0.3) is 0 Å². The molecule has 0 bridgehead atoms. The topological polar surface area (TPSA) is 429 Å². The summed E-state index contributed by atoms with van der Waals surface area (Å²) in [5, 5.41) is 140. The molecular formula is C24H32O24Zr. The monoisotopic (exact) mass is 794 g/mol. The first kappa shape index (κ1) is 44.8. The molecule has 0 fully saturated rings. The maximum atomic E-state index is 10.5. The van der Waals surface area contributed by atoms with Crippen molar-refractivity contribution >= 4 is 23.9 Å². The fourth-order valence-electron chi connectivity index (χ4n) is 3.29. The molecule has 49 heavy (non-hydrogen) atoms. The zero-order chi connectivity index (χ0) is 37.2. The molecule has 0 aromatic carbocycles. The van der Waals surface area contributed by atoms with Crippen LogP contribution in [0.3, 0.4) is 0 Å². The number of aliphatic hydroxyl groups excluding tert-OH is 16. The third-order valence-corrected chi connectivity index (χ3v) is 5.90. The van der Waals surface area contributed by atoms with Gasteiger partial charge in [0.2, 0.25) is 23.0 Å². The zero-order valence-corrected chi connectivity index (χ0v) is 26.8. The van der Waals surface area contributed by atoms with Gasteiger partial charge in [-0.3, -0.25) is 0 Å². The van der Waals surface area contributed by atoms with Crippen LogP contribution in [-0.2, 0) is 64.3 Å². The van der Waals surface area contributed by atoms with Gasteiger partial charge in [-0.25, -0.2) is 19.2 Å². The Kier molecular flexibility index (Phi) is 18.0. The van der Waals surface area contributed by atoms with Gasteiger partial charge in [-0.1, -0.05) is 0 Å². The van der Waals surface area contributed by atoms with Crippen LogP contribution in [0, 0.1) is 0 Å². The van der Waals surface area contributed by atoms with Gasteiger partial charge in [-0.2, -0.15) is 0 Å². The number of ether oxygens (including phenoxy) is 4. The predicted molar refractivity (Wildman–Crippen MR) is 141 cm³/mol. The molecule has 0 aliphatic carbocycles. The maximum Gasteiger partial charge on any atom is 0.377 e. The number of esters is 4. The van der Waals surface area contributed by atoms with E-state index in [-0.39, 0.29) is 26.2 Å². The van der Waals surface area contributed by atoms with E-state index >= 15 is 0 Å². The van der Waals surface area contributed by atoms with E-state index in [9.17, 15) is 19.2 Å². The smallest absolute Gasteiger partial charge is 0.377 e. The molecule has 4 aliphatic heterocycles. The average molecular weight is 796 g/mol. The predicted octanol–water partition coefficient (Wildman–Crippen LogP) is -5.63. The minimum atomic E-state index is -1.42. The summed E-state index contributed by atoms with van der Waals surface area (Å²) in [7, 11) is 0. The van der Waals surface area contributed by atoms with Gasteiger partial charge in [0.25, 0.3) is 0 Å². The number of aliphatic hydroxyl groups is 16. The van der Waals surface area contributed by atoms with Gasteiger partial charge in [0.15, 0.2) is 47.5 Å². The molecule has 16 N–H and O–H groups in total. The Morgan fingerprint density at radius 3 is 0.612 bits per heavy atom. The minimum Gasteiger partial charge on any atom is -0.505 e. The van der Waals surface area contributed by atoms with Crippen LogP contribution >= 0.6 is 0 Å². The first-order chi connectivity index (χ1) is 22.3. The Morgan fingerprint density at radius 1 is 0.388 bits per heavy atom. The summed E-state index contributed by atoms with van der Waals surface area (Å²) in [6, 6.07) is 0. The van der Waals surface area contributed by atoms with Gasteiger partial charge in [-0.05, 0) is 0 Å². The largest absolute Gasteiger partial charge is 0.505 e. The SMILES string of the molecule is O=C1O[C@H]([C@@H](O)CO)C(O)=C1O.O=C1O[C@H]([C@@H](O)CO)C(O)=C1O.O=C1O[C@H]([C@@H](O)CO)C(O)=C1O.O=C1O[C@H]([C@@H](O)CO)C(O)=C1O.[Zr]. The molecule has 0 radical (unpaired) electrons. The molecular weight excluding hydrogens is 763 g/mol. The van der Waals surface area contributed by atoms with Crippen molar-refractivity contribution in [2.24, 2.45) is 0 Å². The average Bonchev–Trinajstić information content (AvgIpc) is 3.70. The number of hydrogen-bond donors (Lipinski definition) is 16. The Labute approximate surface area is 290 Å². The molecule has 0 saturated heterocycles. The molecule has 276 valence electrons. The van der Waals surface area contributed by atoms with E-state index in [2.05, 4.69) is 18.9 Å². The number of carbonyl (C=O) groups excluding carboxylic acids is 4. The van der Waals surface area contributed by atoms with E-state index in [1.807, 2.05) is 0 Å². The van der Waals surface area contributed by atoms with Crippen LogP contribution in [0.4, 0.5) is 0 Å². The molecule has 0 amide bonds. The summed E-state index contributed by atoms with van der Waals surface area (Å²) in [4.78, 5) is 42.1. The van der Waals surface area contributed by atoms with Gasteiger partial charge in [0, 0.05) is 26.2 Å². The van der Waals surface area contributed by atoms with Crippen molar-refractivity contribution < 1.29 is 146 Å². The second-order valence-corrected chi connectivity index (χ2v) is 9.24. The fraction of sp³-hybridized carbons (Fsp3) is 0.500. The second-order valence-electron chi connectivity index (χ2n) is 9.24. The quantitative estimate of drug-likeness (QED) is 0.0804. The van der Waals surface area contributed by atoms with Crippen molar-refractivity contribution in [3.05, 3.63) is 46.1 Å². The van der Waals surface area contributed by atoms with Crippen molar-refractivity contribution in [2.45, 2.75) is 48.8 Å². The first-order valence-electron chi connectivity index (χ1n) is 12.8. The maximum absolute atomic E-state index is 10.5. The molecule has 0 aromatic heterocycles. The number of rotatable bonds is 8. The molecule has 0 saturated carbocycles. The molecule has 0 unspecified atom stereocenters. The van der Waals surface area contributed by atoms with Crippen LogP contribution in [0.5, 0.6) is 0 Å². The summed E-state index contributed by atoms with van der Waals surface area (Å²) < 4.78 is 17.3. The van der Waals surface area contributed by atoms with Crippen molar-refractivity contribution in [3.63, 3.8) is 0 Å². The van der Waals surface area contributed by atoms with Crippen LogP contribution in [0.15, 0.2) is 46.1 Å². The van der Waals surface area contributed by atoms with Gasteiger partial charge in [0.05, 0.1) is 26.4 Å². The summed E-state index contributed by atoms with van der Waals surface area (Å²) >= 11 is 0. The number of carbonyl (C=O) groups is 4. The van der Waals surface area contributed by atoms with E-state index in [4.69, 9.17) is 81.7 Å². The molecule has 4 rings (SSSR count). The van der Waals surface area contributed by atoms with Gasteiger partial charge < -0.3 is 101 Å². The van der Waals surface area contributed by atoms with E-state index in [0.717, 1.165) is 0 Å². The van der Waals surface area contributed by atoms with Crippen LogP contribution in [0.2, 0.25) is 0 Å². The van der Waals surface area contributed by atoms with Crippen molar-refractivity contribution in [1.29, 1.82) is 0 Å². The summed E-state index contributed by atoms with van der Waals surface area (Å²) in [5.41, 5.74) is 0. The third-order valence-electron chi connectivity index (χ3n) is 5.90. The Balaban J connectivity index is 0.000000623. The van der Waals surface area contributed by atoms with Gasteiger partial charge in [-0.15, -0.1) is 0 Å². The molecule has 25 heteroatoms. The zero-order valence-electron chi connectivity index (χ0n) is 24.4. The standard InChI is InChI=1S/4C6H8O6.Zr/c4*7-1-2(8)5-3(9)4(10)6(11)12-5;/h4*2,5,7-10H,1H2;/t4*2-,5+;/m0000./s1. The Bertz CT molecular complexity index is 1140. The van der Waals surface area contributed by atoms with Crippen LogP contribution in [-0.4, -0.2) is 181 Å². The molecule has 0 aromatic rings. The van der Waals surface area contributed by atoms with E-state index in [0.29, 0.717) is 0 Å². The van der Waals surface area contributed by atoms with Crippen molar-refractivity contribution in [3.8, 4) is 0 Å². The van der Waals surface area contributed by atoms with Crippen molar-refractivity contribution in [2.75, 3.05) is 26.4 Å². The second kappa shape index (κ2) is 19.7. The Morgan fingerprint density at radius 2 is 0.531 bits per heavy atom. The first-order valence-corrected chi connectivity index (χ1v) is 12.8. The van der Waals surface area contributed by atoms with Gasteiger partial charge >= 0.3 is 23.9 Å². The number of cyclic esters (lactones) is 4. The summed E-state index contributed by atoms with van der Waals surface area (Å²) in [6.45, 7) is -2.69. The molecule has 0 spiro atoms. The fourth-order valence-corrected chi connectivity index (χ4v) is 3.29. The van der Waals surface area contributed by atoms with E-state index in [1.165, 1.54) is 0 Å². The van der Waals surface area contributed by atoms with Gasteiger partial charge in [0.1, 0.15) is 24.4 Å². The molecule has 8 atom stereocenters. The van der Waals surface area contributed by atoms with E-state index in [1.54, 1.807) is 0 Å². The van der Waals surface area contributed by atoms with Crippen LogP contribution < -0.4 is 0 Å². The summed E-state index contributed by atoms with van der Waals surface area (Å²) in [6.07, 6.45) is -11.1. The molecule has 4 aliphatic rings. The Hall–Kier alpha value is -4.20.